The number of carbonyl (C=O) groups is 1. The molecule has 0 atom stereocenters. The van der Waals surface area contributed by atoms with E-state index in [1.165, 1.54) is 17.3 Å². The topological polar surface area (TPSA) is 47.8 Å². The van der Waals surface area contributed by atoms with Crippen molar-refractivity contribution >= 4 is 17.5 Å². The fraction of sp³-hybridized carbons (Fsp3) is 0.125. The lowest BCUT2D eigenvalue weighted by Gasteiger charge is -2.10. The van der Waals surface area contributed by atoms with Gasteiger partial charge in [-0.3, -0.25) is 9.36 Å². The SMILES string of the molecule is CCc1ccc(C(=O)CSc2nnc(-c3ccccc3)n2-c2ccccc2)cc1. The van der Waals surface area contributed by atoms with Crippen molar-refractivity contribution < 1.29 is 4.79 Å². The van der Waals surface area contributed by atoms with Gasteiger partial charge >= 0.3 is 0 Å². The van der Waals surface area contributed by atoms with Crippen molar-refractivity contribution in [2.24, 2.45) is 0 Å². The molecule has 3 aromatic carbocycles. The van der Waals surface area contributed by atoms with Crippen LogP contribution in [-0.4, -0.2) is 26.3 Å². The monoisotopic (exact) mass is 399 g/mol. The first-order valence-corrected chi connectivity index (χ1v) is 10.6. The lowest BCUT2D eigenvalue weighted by molar-refractivity contribution is 0.102. The van der Waals surface area contributed by atoms with Crippen LogP contribution in [-0.2, 0) is 6.42 Å². The Labute approximate surface area is 174 Å². The smallest absolute Gasteiger partial charge is 0.196 e. The molecule has 0 aliphatic rings. The third-order valence-electron chi connectivity index (χ3n) is 4.70. The van der Waals surface area contributed by atoms with Gasteiger partial charge in [0, 0.05) is 16.8 Å². The number of para-hydroxylation sites is 1. The number of ketones is 1. The van der Waals surface area contributed by atoms with Gasteiger partial charge in [0.05, 0.1) is 5.75 Å². The Kier molecular flexibility index (Phi) is 5.86. The zero-order chi connectivity index (χ0) is 20.1. The molecule has 0 fully saturated rings. The van der Waals surface area contributed by atoms with E-state index in [0.29, 0.717) is 10.9 Å². The molecule has 0 saturated carbocycles. The summed E-state index contributed by atoms with van der Waals surface area (Å²) < 4.78 is 2.01. The van der Waals surface area contributed by atoms with Crippen LogP contribution in [0.5, 0.6) is 0 Å². The average molecular weight is 400 g/mol. The molecule has 4 aromatic rings. The molecule has 4 rings (SSSR count). The number of Topliss-reactive ketones (excluding diaryl/α,β-unsaturated/α-hetero) is 1. The third kappa shape index (κ3) is 4.30. The van der Waals surface area contributed by atoms with E-state index in [0.717, 1.165) is 29.1 Å². The Hall–Kier alpha value is -3.18. The third-order valence-corrected chi connectivity index (χ3v) is 5.63. The molecule has 1 heterocycles. The standard InChI is InChI=1S/C24H21N3OS/c1-2-18-13-15-19(16-14-18)22(28)17-29-24-26-25-23(20-9-5-3-6-10-20)27(24)21-11-7-4-8-12-21/h3-16H,2,17H2,1H3. The maximum absolute atomic E-state index is 12.7. The highest BCUT2D eigenvalue weighted by Gasteiger charge is 2.17. The van der Waals surface area contributed by atoms with Crippen LogP contribution >= 0.6 is 11.8 Å². The first-order valence-electron chi connectivity index (χ1n) is 9.57. The van der Waals surface area contributed by atoms with Gasteiger partial charge in [0.15, 0.2) is 16.8 Å². The lowest BCUT2D eigenvalue weighted by atomic mass is 10.1. The van der Waals surface area contributed by atoms with E-state index in [9.17, 15) is 4.79 Å². The summed E-state index contributed by atoms with van der Waals surface area (Å²) in [5.74, 6) is 1.16. The molecule has 0 bridgehead atoms. The number of carbonyl (C=O) groups excluding carboxylic acids is 1. The van der Waals surface area contributed by atoms with Crippen LogP contribution in [0.4, 0.5) is 0 Å². The van der Waals surface area contributed by atoms with E-state index in [2.05, 4.69) is 17.1 Å². The molecular weight excluding hydrogens is 378 g/mol. The minimum atomic E-state index is 0.0847. The largest absolute Gasteiger partial charge is 0.293 e. The van der Waals surface area contributed by atoms with Gasteiger partial charge in [-0.2, -0.15) is 0 Å². The van der Waals surface area contributed by atoms with E-state index in [4.69, 9.17) is 0 Å². The molecule has 0 amide bonds. The highest BCUT2D eigenvalue weighted by molar-refractivity contribution is 7.99. The van der Waals surface area contributed by atoms with Crippen LogP contribution in [0.25, 0.3) is 17.1 Å². The summed E-state index contributed by atoms with van der Waals surface area (Å²) >= 11 is 1.41. The summed E-state index contributed by atoms with van der Waals surface area (Å²) in [5, 5.41) is 9.50. The molecule has 144 valence electrons. The van der Waals surface area contributed by atoms with E-state index in [1.54, 1.807) is 0 Å². The first-order chi connectivity index (χ1) is 14.3. The van der Waals surface area contributed by atoms with E-state index in [-0.39, 0.29) is 5.78 Å². The normalized spacial score (nSPS) is 10.8. The molecule has 5 heteroatoms. The number of thioether (sulfide) groups is 1. The second kappa shape index (κ2) is 8.88. The van der Waals surface area contributed by atoms with E-state index in [1.807, 2.05) is 89.5 Å². The van der Waals surface area contributed by atoms with Gasteiger partial charge in [-0.15, -0.1) is 10.2 Å². The Morgan fingerprint density at radius 2 is 1.52 bits per heavy atom. The summed E-state index contributed by atoms with van der Waals surface area (Å²) in [6.45, 7) is 2.10. The molecule has 4 nitrogen and oxygen atoms in total. The maximum Gasteiger partial charge on any atom is 0.196 e. The number of hydrogen-bond acceptors (Lipinski definition) is 4. The van der Waals surface area contributed by atoms with E-state index >= 15 is 0 Å². The van der Waals surface area contributed by atoms with Crippen molar-refractivity contribution in [3.63, 3.8) is 0 Å². The van der Waals surface area contributed by atoms with Gasteiger partial charge in [0.1, 0.15) is 0 Å². The highest BCUT2D eigenvalue weighted by Crippen LogP contribution is 2.28. The van der Waals surface area contributed by atoms with Gasteiger partial charge in [-0.25, -0.2) is 0 Å². The first kappa shape index (κ1) is 19.2. The zero-order valence-electron chi connectivity index (χ0n) is 16.2. The number of hydrogen-bond donors (Lipinski definition) is 0. The second-order valence-electron chi connectivity index (χ2n) is 6.61. The Balaban J connectivity index is 1.62. The highest BCUT2D eigenvalue weighted by atomic mass is 32.2. The van der Waals surface area contributed by atoms with Crippen LogP contribution in [0.1, 0.15) is 22.8 Å². The Morgan fingerprint density at radius 3 is 2.17 bits per heavy atom. The van der Waals surface area contributed by atoms with Crippen molar-refractivity contribution in [1.82, 2.24) is 14.8 Å². The zero-order valence-corrected chi connectivity index (χ0v) is 17.0. The van der Waals surface area contributed by atoms with Gasteiger partial charge in [-0.1, -0.05) is 91.5 Å². The molecule has 0 saturated heterocycles. The van der Waals surface area contributed by atoms with Crippen LogP contribution in [0.15, 0.2) is 90.1 Å². The Morgan fingerprint density at radius 1 is 0.862 bits per heavy atom. The molecule has 0 radical (unpaired) electrons. The number of rotatable bonds is 7. The predicted octanol–water partition coefficient (Wildman–Crippen LogP) is 5.47. The van der Waals surface area contributed by atoms with Gasteiger partial charge < -0.3 is 0 Å². The summed E-state index contributed by atoms with van der Waals surface area (Å²) in [5.41, 5.74) is 3.91. The maximum atomic E-state index is 12.7. The summed E-state index contributed by atoms with van der Waals surface area (Å²) in [4.78, 5) is 12.7. The van der Waals surface area contributed by atoms with Crippen molar-refractivity contribution in [3.05, 3.63) is 96.1 Å². The van der Waals surface area contributed by atoms with Crippen LogP contribution in [0, 0.1) is 0 Å². The van der Waals surface area contributed by atoms with Crippen molar-refractivity contribution in [1.29, 1.82) is 0 Å². The molecule has 0 spiro atoms. The fourth-order valence-electron chi connectivity index (χ4n) is 3.09. The number of aryl methyl sites for hydroxylation is 1. The van der Waals surface area contributed by atoms with Crippen LogP contribution in [0.3, 0.4) is 0 Å². The molecule has 0 aliphatic heterocycles. The van der Waals surface area contributed by atoms with Crippen molar-refractivity contribution in [2.45, 2.75) is 18.5 Å². The summed E-state index contributed by atoms with van der Waals surface area (Å²) in [6, 6.07) is 27.8. The minimum absolute atomic E-state index is 0.0847. The Bertz CT molecular complexity index is 1090. The predicted molar refractivity (Wildman–Crippen MR) is 118 cm³/mol. The molecule has 0 unspecified atom stereocenters. The van der Waals surface area contributed by atoms with Gasteiger partial charge in [-0.05, 0) is 24.1 Å². The van der Waals surface area contributed by atoms with Gasteiger partial charge in [0.25, 0.3) is 0 Å². The molecule has 29 heavy (non-hydrogen) atoms. The fourth-order valence-corrected chi connectivity index (χ4v) is 3.93. The summed E-state index contributed by atoms with van der Waals surface area (Å²) in [7, 11) is 0. The quantitative estimate of drug-likeness (QED) is 0.305. The van der Waals surface area contributed by atoms with Crippen molar-refractivity contribution in [2.75, 3.05) is 5.75 Å². The average Bonchev–Trinajstić information content (AvgIpc) is 3.22. The van der Waals surface area contributed by atoms with E-state index < -0.39 is 0 Å². The summed E-state index contributed by atoms with van der Waals surface area (Å²) in [6.07, 6.45) is 0.964. The molecule has 0 aliphatic carbocycles. The number of nitrogens with zero attached hydrogens (tertiary/aromatic N) is 3. The number of aromatic nitrogens is 3. The molecule has 1 aromatic heterocycles. The molecule has 0 N–H and O–H groups in total. The second-order valence-corrected chi connectivity index (χ2v) is 7.55. The van der Waals surface area contributed by atoms with Gasteiger partial charge in [0.2, 0.25) is 0 Å². The van der Waals surface area contributed by atoms with Crippen molar-refractivity contribution in [3.8, 4) is 17.1 Å². The minimum Gasteiger partial charge on any atom is -0.293 e. The lowest BCUT2D eigenvalue weighted by Crippen LogP contribution is -2.05. The molecular formula is C24H21N3OS. The number of benzene rings is 3. The van der Waals surface area contributed by atoms with Crippen LogP contribution in [0.2, 0.25) is 0 Å². The van der Waals surface area contributed by atoms with Crippen LogP contribution < -0.4 is 0 Å².